The third kappa shape index (κ3) is 3.74. The van der Waals surface area contributed by atoms with Crippen LogP contribution < -0.4 is 0 Å². The van der Waals surface area contributed by atoms with Crippen molar-refractivity contribution in [2.75, 3.05) is 6.26 Å². The number of hydrogen-bond acceptors (Lipinski definition) is 2. The number of hydrogen-bond donors (Lipinski definition) is 0. The molecule has 0 spiro atoms. The van der Waals surface area contributed by atoms with Gasteiger partial charge in [0.05, 0.1) is 0 Å². The molecule has 2 aromatic rings. The van der Waals surface area contributed by atoms with Gasteiger partial charge in [-0.15, -0.1) is 11.8 Å². The van der Waals surface area contributed by atoms with E-state index in [1.807, 2.05) is 42.5 Å². The molecule has 18 heavy (non-hydrogen) atoms. The van der Waals surface area contributed by atoms with Gasteiger partial charge in [-0.25, -0.2) is 0 Å². The van der Waals surface area contributed by atoms with Crippen LogP contribution in [-0.4, -0.2) is 12.0 Å². The van der Waals surface area contributed by atoms with Crippen molar-refractivity contribution in [3.8, 4) is 0 Å². The minimum absolute atomic E-state index is 0.262. The first-order chi connectivity index (χ1) is 8.78. The fourth-order valence-corrected chi connectivity index (χ4v) is 2.27. The summed E-state index contributed by atoms with van der Waals surface area (Å²) in [6.45, 7) is 0. The molecule has 0 aromatic heterocycles. The molecule has 0 saturated heterocycles. The van der Waals surface area contributed by atoms with Crippen LogP contribution in [0, 0.1) is 0 Å². The summed E-state index contributed by atoms with van der Waals surface area (Å²) in [6, 6.07) is 18.1. The van der Waals surface area contributed by atoms with E-state index < -0.39 is 0 Å². The van der Waals surface area contributed by atoms with Gasteiger partial charge in [-0.2, -0.15) is 0 Å². The summed E-state index contributed by atoms with van der Waals surface area (Å²) >= 11 is 1.71. The summed E-state index contributed by atoms with van der Waals surface area (Å²) in [5, 5.41) is 0. The van der Waals surface area contributed by atoms with Crippen molar-refractivity contribution in [3.05, 3.63) is 65.7 Å². The molecule has 0 N–H and O–H groups in total. The Morgan fingerprint density at radius 1 is 0.889 bits per heavy atom. The molecule has 0 unspecified atom stereocenters. The van der Waals surface area contributed by atoms with Crippen LogP contribution in [0.15, 0.2) is 59.5 Å². The minimum Gasteiger partial charge on any atom is -0.299 e. The maximum absolute atomic E-state index is 11.9. The lowest BCUT2D eigenvalue weighted by Crippen LogP contribution is -2.06. The van der Waals surface area contributed by atoms with Gasteiger partial charge in [0, 0.05) is 17.7 Å². The van der Waals surface area contributed by atoms with E-state index in [0.717, 1.165) is 11.1 Å². The lowest BCUT2D eigenvalue weighted by Gasteiger charge is -2.03. The SMILES string of the molecule is CSc1ccc(CC(=O)Cc2ccccc2)cc1. The standard InChI is InChI=1S/C16H16OS/c1-18-16-9-7-14(8-10-16)12-15(17)11-13-5-3-2-4-6-13/h2-10H,11-12H2,1H3. The van der Waals surface area contributed by atoms with Crippen LogP contribution in [0.1, 0.15) is 11.1 Å². The van der Waals surface area contributed by atoms with Gasteiger partial charge in [0.2, 0.25) is 0 Å². The average molecular weight is 256 g/mol. The molecule has 0 aliphatic heterocycles. The zero-order chi connectivity index (χ0) is 12.8. The van der Waals surface area contributed by atoms with Crippen LogP contribution in [0.4, 0.5) is 0 Å². The van der Waals surface area contributed by atoms with Crippen LogP contribution in [0.5, 0.6) is 0 Å². The van der Waals surface area contributed by atoms with Gasteiger partial charge < -0.3 is 0 Å². The monoisotopic (exact) mass is 256 g/mol. The first kappa shape index (κ1) is 12.9. The van der Waals surface area contributed by atoms with Gasteiger partial charge in [-0.05, 0) is 29.5 Å². The largest absolute Gasteiger partial charge is 0.299 e. The number of ketones is 1. The molecule has 0 amide bonds. The van der Waals surface area contributed by atoms with Gasteiger partial charge in [0.1, 0.15) is 5.78 Å². The summed E-state index contributed by atoms with van der Waals surface area (Å²) in [5.41, 5.74) is 2.18. The third-order valence-electron chi connectivity index (χ3n) is 2.80. The molecule has 0 aliphatic rings. The van der Waals surface area contributed by atoms with Gasteiger partial charge in [-0.3, -0.25) is 4.79 Å². The molecule has 1 nitrogen and oxygen atoms in total. The Morgan fingerprint density at radius 3 is 2.00 bits per heavy atom. The van der Waals surface area contributed by atoms with Gasteiger partial charge in [-0.1, -0.05) is 42.5 Å². The number of Topliss-reactive ketones (excluding diaryl/α,β-unsaturated/α-hetero) is 1. The third-order valence-corrected chi connectivity index (χ3v) is 3.55. The van der Waals surface area contributed by atoms with Crippen LogP contribution in [-0.2, 0) is 17.6 Å². The summed E-state index contributed by atoms with van der Waals surface area (Å²) in [4.78, 5) is 13.2. The molecule has 0 aliphatic carbocycles. The second-order valence-corrected chi connectivity index (χ2v) is 5.11. The Morgan fingerprint density at radius 2 is 1.44 bits per heavy atom. The van der Waals surface area contributed by atoms with E-state index in [4.69, 9.17) is 0 Å². The van der Waals surface area contributed by atoms with Crippen molar-refractivity contribution in [2.24, 2.45) is 0 Å². The highest BCUT2D eigenvalue weighted by Crippen LogP contribution is 2.15. The zero-order valence-electron chi connectivity index (χ0n) is 10.4. The topological polar surface area (TPSA) is 17.1 Å². The lowest BCUT2D eigenvalue weighted by atomic mass is 10.0. The lowest BCUT2D eigenvalue weighted by molar-refractivity contribution is -0.117. The van der Waals surface area contributed by atoms with Crippen molar-refractivity contribution >= 4 is 17.5 Å². The molecule has 92 valence electrons. The molecule has 0 bridgehead atoms. The van der Waals surface area contributed by atoms with Crippen LogP contribution in [0.3, 0.4) is 0 Å². The summed E-state index contributed by atoms with van der Waals surface area (Å²) in [6.07, 6.45) is 3.09. The predicted octanol–water partition coefficient (Wildman–Crippen LogP) is 3.76. The van der Waals surface area contributed by atoms with E-state index >= 15 is 0 Å². The molecule has 2 heteroatoms. The number of thioether (sulfide) groups is 1. The number of carbonyl (C=O) groups is 1. The molecule has 0 saturated carbocycles. The van der Waals surface area contributed by atoms with Gasteiger partial charge in [0.25, 0.3) is 0 Å². The quantitative estimate of drug-likeness (QED) is 0.758. The van der Waals surface area contributed by atoms with Crippen molar-refractivity contribution in [1.29, 1.82) is 0 Å². The maximum atomic E-state index is 11.9. The minimum atomic E-state index is 0.262. The van der Waals surface area contributed by atoms with Gasteiger partial charge >= 0.3 is 0 Å². The zero-order valence-corrected chi connectivity index (χ0v) is 11.2. The van der Waals surface area contributed by atoms with Crippen LogP contribution in [0.25, 0.3) is 0 Å². The Bertz CT molecular complexity index is 502. The Balaban J connectivity index is 1.94. The highest BCUT2D eigenvalue weighted by molar-refractivity contribution is 7.98. The smallest absolute Gasteiger partial charge is 0.141 e. The highest BCUT2D eigenvalue weighted by atomic mass is 32.2. The van der Waals surface area contributed by atoms with Crippen molar-refractivity contribution in [1.82, 2.24) is 0 Å². The molecule has 2 aromatic carbocycles. The van der Waals surface area contributed by atoms with E-state index in [1.165, 1.54) is 4.90 Å². The summed E-state index contributed by atoms with van der Waals surface area (Å²) in [7, 11) is 0. The molecule has 0 radical (unpaired) electrons. The second kappa shape index (κ2) is 6.41. The van der Waals surface area contributed by atoms with Crippen molar-refractivity contribution in [2.45, 2.75) is 17.7 Å². The summed E-state index contributed by atoms with van der Waals surface area (Å²) < 4.78 is 0. The predicted molar refractivity (Wildman–Crippen MR) is 77.1 cm³/mol. The Kier molecular flexibility index (Phi) is 4.59. The molecule has 0 heterocycles. The fourth-order valence-electron chi connectivity index (χ4n) is 1.86. The normalized spacial score (nSPS) is 10.3. The molecule has 0 atom stereocenters. The van der Waals surface area contributed by atoms with Crippen molar-refractivity contribution in [3.63, 3.8) is 0 Å². The number of carbonyl (C=O) groups excluding carboxylic acids is 1. The van der Waals surface area contributed by atoms with Gasteiger partial charge in [0.15, 0.2) is 0 Å². The van der Waals surface area contributed by atoms with E-state index in [2.05, 4.69) is 18.4 Å². The first-order valence-corrected chi connectivity index (χ1v) is 7.19. The molecule has 2 rings (SSSR count). The average Bonchev–Trinajstić information content (AvgIpc) is 2.40. The first-order valence-electron chi connectivity index (χ1n) is 5.96. The van der Waals surface area contributed by atoms with E-state index in [9.17, 15) is 4.79 Å². The second-order valence-electron chi connectivity index (χ2n) is 4.23. The van der Waals surface area contributed by atoms with E-state index in [1.54, 1.807) is 11.8 Å². The molecular formula is C16H16OS. The van der Waals surface area contributed by atoms with E-state index in [-0.39, 0.29) is 5.78 Å². The van der Waals surface area contributed by atoms with Crippen LogP contribution >= 0.6 is 11.8 Å². The Hall–Kier alpha value is -1.54. The number of benzene rings is 2. The number of rotatable bonds is 5. The maximum Gasteiger partial charge on any atom is 0.141 e. The van der Waals surface area contributed by atoms with Crippen molar-refractivity contribution < 1.29 is 4.79 Å². The summed E-state index contributed by atoms with van der Waals surface area (Å²) in [5.74, 6) is 0.262. The molecular weight excluding hydrogens is 240 g/mol. The molecule has 0 fully saturated rings. The highest BCUT2D eigenvalue weighted by Gasteiger charge is 2.05. The Labute approximate surface area is 112 Å². The van der Waals surface area contributed by atoms with E-state index in [0.29, 0.717) is 12.8 Å². The van der Waals surface area contributed by atoms with Crippen LogP contribution in [0.2, 0.25) is 0 Å². The fraction of sp³-hybridized carbons (Fsp3) is 0.188.